The van der Waals surface area contributed by atoms with Crippen LogP contribution in [0.15, 0.2) is 42.5 Å². The van der Waals surface area contributed by atoms with Gasteiger partial charge in [0.05, 0.1) is 5.69 Å². The van der Waals surface area contributed by atoms with Crippen molar-refractivity contribution in [3.63, 3.8) is 0 Å². The zero-order valence-electron chi connectivity index (χ0n) is 15.3. The maximum atomic E-state index is 5.66. The van der Waals surface area contributed by atoms with Crippen LogP contribution in [0.4, 0.5) is 0 Å². The van der Waals surface area contributed by atoms with E-state index in [4.69, 9.17) is 9.72 Å². The first-order valence-corrected chi connectivity index (χ1v) is 9.79. The summed E-state index contributed by atoms with van der Waals surface area (Å²) in [6.45, 7) is 11.0. The van der Waals surface area contributed by atoms with Gasteiger partial charge in [0, 0.05) is 18.7 Å². The van der Waals surface area contributed by atoms with Crippen LogP contribution in [-0.2, 0) is 17.9 Å². The molecule has 0 aliphatic rings. The summed E-state index contributed by atoms with van der Waals surface area (Å²) in [5.41, 5.74) is 2.56. The quantitative estimate of drug-likeness (QED) is 0.455. The molecule has 3 rings (SSSR count). The smallest absolute Gasteiger partial charge is 0.136 e. The summed E-state index contributed by atoms with van der Waals surface area (Å²) in [6.07, 6.45) is 0. The van der Waals surface area contributed by atoms with Gasteiger partial charge in [-0.05, 0) is 51.8 Å². The van der Waals surface area contributed by atoms with E-state index in [1.807, 2.05) is 6.92 Å². The lowest BCUT2D eigenvalue weighted by atomic mass is 9.96. The average molecular weight is 448 g/mol. The Morgan fingerprint density at radius 3 is 2.48 bits per heavy atom. The monoisotopic (exact) mass is 448 g/mol. The van der Waals surface area contributed by atoms with Crippen molar-refractivity contribution in [2.75, 3.05) is 6.61 Å². The number of hydrogen-bond donors (Lipinski definition) is 0. The van der Waals surface area contributed by atoms with Gasteiger partial charge in [0.15, 0.2) is 0 Å². The second kappa shape index (κ2) is 7.46. The number of aromatic nitrogens is 2. The van der Waals surface area contributed by atoms with Crippen LogP contribution in [0.3, 0.4) is 0 Å². The van der Waals surface area contributed by atoms with Gasteiger partial charge < -0.3 is 9.30 Å². The summed E-state index contributed by atoms with van der Waals surface area (Å²) < 4.78 is 9.03. The Bertz CT molecular complexity index is 877. The van der Waals surface area contributed by atoms with Crippen LogP contribution in [0.2, 0.25) is 0 Å². The molecule has 132 valence electrons. The number of ether oxygens (including phenoxy) is 1. The number of hydrogen-bond acceptors (Lipinski definition) is 2. The van der Waals surface area contributed by atoms with Crippen molar-refractivity contribution in [3.05, 3.63) is 52.0 Å². The highest BCUT2D eigenvalue weighted by molar-refractivity contribution is 14.1. The van der Waals surface area contributed by atoms with Gasteiger partial charge in [0.1, 0.15) is 16.1 Å². The molecule has 0 aliphatic carbocycles. The normalized spacial score (nSPS) is 12.0. The molecule has 0 spiro atoms. The molecular weight excluding hydrogens is 423 g/mol. The lowest BCUT2D eigenvalue weighted by Gasteiger charge is -2.23. The predicted molar refractivity (Wildman–Crippen MR) is 113 cm³/mol. The van der Waals surface area contributed by atoms with Crippen LogP contribution in [-0.4, -0.2) is 16.2 Å². The lowest BCUT2D eigenvalue weighted by molar-refractivity contribution is 0.124. The van der Waals surface area contributed by atoms with Crippen LogP contribution in [0.5, 0.6) is 0 Å². The summed E-state index contributed by atoms with van der Waals surface area (Å²) in [6, 6.07) is 15.1. The van der Waals surface area contributed by atoms with E-state index >= 15 is 0 Å². The molecule has 0 atom stereocenters. The lowest BCUT2D eigenvalue weighted by Crippen LogP contribution is -2.19. The number of fused-ring (bicyclic) bond motifs is 1. The fourth-order valence-corrected chi connectivity index (χ4v) is 3.91. The van der Waals surface area contributed by atoms with Crippen LogP contribution in [0, 0.1) is 9.12 Å². The molecule has 25 heavy (non-hydrogen) atoms. The summed E-state index contributed by atoms with van der Waals surface area (Å²) >= 11 is 2.35. The van der Waals surface area contributed by atoms with Gasteiger partial charge in [-0.15, -0.1) is 0 Å². The Morgan fingerprint density at radius 1 is 1.08 bits per heavy atom. The van der Waals surface area contributed by atoms with E-state index in [9.17, 15) is 0 Å². The van der Waals surface area contributed by atoms with E-state index in [1.54, 1.807) is 0 Å². The van der Waals surface area contributed by atoms with Crippen molar-refractivity contribution in [1.82, 2.24) is 9.55 Å². The molecule has 0 saturated heterocycles. The van der Waals surface area contributed by atoms with E-state index in [1.165, 1.54) is 22.0 Å². The van der Waals surface area contributed by atoms with E-state index in [-0.39, 0.29) is 5.41 Å². The topological polar surface area (TPSA) is 27.1 Å². The van der Waals surface area contributed by atoms with Crippen LogP contribution in [0.25, 0.3) is 22.0 Å². The van der Waals surface area contributed by atoms with Crippen molar-refractivity contribution in [1.29, 1.82) is 0 Å². The molecule has 0 aliphatic heterocycles. The number of benzene rings is 2. The number of imidazole rings is 1. The molecule has 3 nitrogen and oxygen atoms in total. The van der Waals surface area contributed by atoms with E-state index in [2.05, 4.69) is 90.4 Å². The average Bonchev–Trinajstić information content (AvgIpc) is 2.86. The van der Waals surface area contributed by atoms with Gasteiger partial charge in [-0.2, -0.15) is 0 Å². The van der Waals surface area contributed by atoms with Crippen molar-refractivity contribution < 1.29 is 4.74 Å². The van der Waals surface area contributed by atoms with Gasteiger partial charge in [-0.3, -0.25) is 0 Å². The summed E-state index contributed by atoms with van der Waals surface area (Å²) in [4.78, 5) is 4.81. The summed E-state index contributed by atoms with van der Waals surface area (Å²) in [5.74, 6) is 1.00. The Balaban J connectivity index is 2.13. The molecule has 0 amide bonds. The fourth-order valence-electron chi connectivity index (χ4n) is 3.03. The molecule has 0 N–H and O–H groups in total. The number of halogens is 1. The fraction of sp³-hybridized carbons (Fsp3) is 0.381. The first kappa shape index (κ1) is 18.4. The van der Waals surface area contributed by atoms with Crippen LogP contribution < -0.4 is 0 Å². The van der Waals surface area contributed by atoms with E-state index < -0.39 is 0 Å². The standard InChI is InChI=1S/C21H25IN2O/c1-5-25-13-18-23-20(22)19(24(18)14-21(2,3)4)17-11-10-15-8-6-7-9-16(15)12-17/h6-12H,5,13-14H2,1-4H3. The molecule has 0 unspecified atom stereocenters. The molecule has 2 aromatic carbocycles. The molecule has 0 radical (unpaired) electrons. The SMILES string of the molecule is CCOCc1nc(I)c(-c2ccc3ccccc3c2)n1CC(C)(C)C. The molecule has 3 aromatic rings. The molecule has 1 heterocycles. The summed E-state index contributed by atoms with van der Waals surface area (Å²) in [7, 11) is 0. The van der Waals surface area contributed by atoms with Gasteiger partial charge >= 0.3 is 0 Å². The van der Waals surface area contributed by atoms with Crippen molar-refractivity contribution in [3.8, 4) is 11.3 Å². The first-order valence-electron chi connectivity index (χ1n) is 8.71. The van der Waals surface area contributed by atoms with Crippen molar-refractivity contribution >= 4 is 33.4 Å². The Hall–Kier alpha value is -1.40. The highest BCUT2D eigenvalue weighted by atomic mass is 127. The van der Waals surface area contributed by atoms with Crippen LogP contribution in [0.1, 0.15) is 33.5 Å². The third-order valence-electron chi connectivity index (χ3n) is 4.09. The molecular formula is C21H25IN2O. The third-order valence-corrected chi connectivity index (χ3v) is 4.85. The van der Waals surface area contributed by atoms with Gasteiger partial charge in [-0.25, -0.2) is 4.98 Å². The van der Waals surface area contributed by atoms with E-state index in [0.29, 0.717) is 13.2 Å². The van der Waals surface area contributed by atoms with Crippen molar-refractivity contribution in [2.24, 2.45) is 5.41 Å². The zero-order valence-corrected chi connectivity index (χ0v) is 17.5. The second-order valence-corrected chi connectivity index (χ2v) is 8.54. The molecule has 0 bridgehead atoms. The minimum absolute atomic E-state index is 0.163. The maximum Gasteiger partial charge on any atom is 0.136 e. The Labute approximate surface area is 163 Å². The van der Waals surface area contributed by atoms with Gasteiger partial charge in [-0.1, -0.05) is 57.2 Å². The van der Waals surface area contributed by atoms with Crippen LogP contribution >= 0.6 is 22.6 Å². The number of rotatable bonds is 5. The highest BCUT2D eigenvalue weighted by Crippen LogP contribution is 2.32. The minimum atomic E-state index is 0.163. The van der Waals surface area contributed by atoms with E-state index in [0.717, 1.165) is 16.1 Å². The molecule has 0 fully saturated rings. The predicted octanol–water partition coefficient (Wildman–Crippen LogP) is 5.89. The molecule has 1 aromatic heterocycles. The Morgan fingerprint density at radius 2 is 1.80 bits per heavy atom. The van der Waals surface area contributed by atoms with Gasteiger partial charge in [0.2, 0.25) is 0 Å². The number of nitrogens with zero attached hydrogens (tertiary/aromatic N) is 2. The largest absolute Gasteiger partial charge is 0.374 e. The third kappa shape index (κ3) is 4.23. The first-order chi connectivity index (χ1) is 11.9. The Kier molecular flexibility index (Phi) is 5.49. The summed E-state index contributed by atoms with van der Waals surface area (Å²) in [5, 5.41) is 2.52. The van der Waals surface area contributed by atoms with Gasteiger partial charge in [0.25, 0.3) is 0 Å². The highest BCUT2D eigenvalue weighted by Gasteiger charge is 2.22. The maximum absolute atomic E-state index is 5.66. The molecule has 0 saturated carbocycles. The minimum Gasteiger partial charge on any atom is -0.374 e. The second-order valence-electron chi connectivity index (χ2n) is 7.51. The zero-order chi connectivity index (χ0) is 18.0. The molecule has 4 heteroatoms. The van der Waals surface area contributed by atoms with Crippen molar-refractivity contribution in [2.45, 2.75) is 40.8 Å².